The Morgan fingerprint density at radius 3 is 2.54 bits per heavy atom. The van der Waals surface area contributed by atoms with Gasteiger partial charge >= 0.3 is 5.82 Å². The predicted molar refractivity (Wildman–Crippen MR) is 92.1 cm³/mol. The third-order valence-corrected chi connectivity index (χ3v) is 3.31. The molecule has 0 aliphatic carbocycles. The molecule has 0 amide bonds. The van der Waals surface area contributed by atoms with Crippen molar-refractivity contribution in [1.29, 1.82) is 0 Å². The zero-order valence-corrected chi connectivity index (χ0v) is 14.6. The van der Waals surface area contributed by atoms with Gasteiger partial charge in [0.05, 0.1) is 23.9 Å². The van der Waals surface area contributed by atoms with E-state index in [4.69, 9.17) is 4.74 Å². The molecule has 0 atom stereocenters. The van der Waals surface area contributed by atoms with Crippen LogP contribution < -0.4 is 10.1 Å². The van der Waals surface area contributed by atoms with Crippen LogP contribution >= 0.6 is 0 Å². The van der Waals surface area contributed by atoms with E-state index < -0.39 is 4.92 Å². The van der Waals surface area contributed by atoms with Crippen LogP contribution in [0.5, 0.6) is 5.75 Å². The van der Waals surface area contributed by atoms with Crippen LogP contribution in [-0.2, 0) is 20.0 Å². The van der Waals surface area contributed by atoms with Crippen molar-refractivity contribution >= 4 is 5.82 Å². The first-order valence-electron chi connectivity index (χ1n) is 7.90. The van der Waals surface area contributed by atoms with E-state index >= 15 is 0 Å². The summed E-state index contributed by atoms with van der Waals surface area (Å²) in [6.07, 6.45) is 2.51. The maximum absolute atomic E-state index is 10.9. The number of aryl methyl sites for hydroxylation is 1. The van der Waals surface area contributed by atoms with Crippen molar-refractivity contribution in [2.45, 2.75) is 39.3 Å². The summed E-state index contributed by atoms with van der Waals surface area (Å²) in [6.45, 7) is 7.20. The van der Waals surface area contributed by atoms with Crippen LogP contribution in [0.2, 0.25) is 0 Å². The van der Waals surface area contributed by atoms with Crippen LogP contribution in [0.3, 0.4) is 0 Å². The number of nitrogens with zero attached hydrogens (tertiary/aromatic N) is 3. The SMILES string of the molecule is Cn1cc(CNCCc2ccc(OC(C)(C)C)cc2)c([N+](=O)[O-])n1. The quantitative estimate of drug-likeness (QED) is 0.479. The number of ether oxygens (including phenoxy) is 1. The molecule has 0 saturated carbocycles. The van der Waals surface area contributed by atoms with Crippen molar-refractivity contribution in [3.63, 3.8) is 0 Å². The molecule has 1 aromatic carbocycles. The Morgan fingerprint density at radius 1 is 1.29 bits per heavy atom. The molecule has 1 aromatic heterocycles. The van der Waals surface area contributed by atoms with E-state index in [1.807, 2.05) is 45.0 Å². The summed E-state index contributed by atoms with van der Waals surface area (Å²) in [5, 5.41) is 18.0. The molecule has 2 aromatic rings. The third kappa shape index (κ3) is 5.34. The van der Waals surface area contributed by atoms with Crippen LogP contribution in [0.15, 0.2) is 30.5 Å². The fraction of sp³-hybridized carbons (Fsp3) is 0.471. The summed E-state index contributed by atoms with van der Waals surface area (Å²) < 4.78 is 7.25. The van der Waals surface area contributed by atoms with Gasteiger partial charge in [-0.05, 0) is 56.4 Å². The molecule has 2 rings (SSSR count). The molecular formula is C17H24N4O3. The summed E-state index contributed by atoms with van der Waals surface area (Å²) in [7, 11) is 1.68. The van der Waals surface area contributed by atoms with Crippen molar-refractivity contribution in [3.05, 3.63) is 51.7 Å². The number of aromatic nitrogens is 2. The predicted octanol–water partition coefficient (Wildman–Crippen LogP) is 2.84. The smallest absolute Gasteiger partial charge is 0.394 e. The molecule has 0 fully saturated rings. The van der Waals surface area contributed by atoms with Crippen LogP contribution in [0, 0.1) is 10.1 Å². The standard InChI is InChI=1S/C17H24N4O3/c1-17(2,3)24-15-7-5-13(6-8-15)9-10-18-11-14-12-20(4)19-16(14)21(22)23/h5-8,12,18H,9-11H2,1-4H3. The second kappa shape index (κ2) is 7.44. The first-order valence-corrected chi connectivity index (χ1v) is 7.90. The van der Waals surface area contributed by atoms with E-state index in [0.29, 0.717) is 12.1 Å². The van der Waals surface area contributed by atoms with Gasteiger partial charge in [-0.1, -0.05) is 12.1 Å². The zero-order chi connectivity index (χ0) is 17.7. The Kier molecular flexibility index (Phi) is 5.56. The molecule has 0 spiro atoms. The lowest BCUT2D eigenvalue weighted by atomic mass is 10.1. The average Bonchev–Trinajstić information content (AvgIpc) is 2.85. The van der Waals surface area contributed by atoms with Gasteiger partial charge in [0.15, 0.2) is 0 Å². The molecule has 7 nitrogen and oxygen atoms in total. The summed E-state index contributed by atoms with van der Waals surface area (Å²) in [4.78, 5) is 10.5. The van der Waals surface area contributed by atoms with E-state index in [0.717, 1.165) is 18.7 Å². The molecule has 1 N–H and O–H groups in total. The molecule has 0 saturated heterocycles. The molecule has 0 bridgehead atoms. The van der Waals surface area contributed by atoms with E-state index in [1.165, 1.54) is 10.2 Å². The molecule has 0 aliphatic rings. The van der Waals surface area contributed by atoms with E-state index in [2.05, 4.69) is 10.4 Å². The van der Waals surface area contributed by atoms with Crippen molar-refractivity contribution < 1.29 is 9.66 Å². The number of rotatable bonds is 7. The Hall–Kier alpha value is -2.41. The lowest BCUT2D eigenvalue weighted by Gasteiger charge is -2.21. The average molecular weight is 332 g/mol. The number of nitrogens with one attached hydrogen (secondary N) is 1. The highest BCUT2D eigenvalue weighted by Gasteiger charge is 2.18. The van der Waals surface area contributed by atoms with Crippen molar-refractivity contribution in [1.82, 2.24) is 15.1 Å². The van der Waals surface area contributed by atoms with E-state index in [1.54, 1.807) is 13.2 Å². The monoisotopic (exact) mass is 332 g/mol. The van der Waals surface area contributed by atoms with Crippen LogP contribution in [-0.4, -0.2) is 26.8 Å². The van der Waals surface area contributed by atoms with Crippen molar-refractivity contribution in [2.75, 3.05) is 6.54 Å². The molecule has 0 radical (unpaired) electrons. The molecule has 7 heteroatoms. The van der Waals surface area contributed by atoms with E-state index in [9.17, 15) is 10.1 Å². The maximum atomic E-state index is 10.9. The van der Waals surface area contributed by atoms with Crippen molar-refractivity contribution in [3.8, 4) is 5.75 Å². The minimum atomic E-state index is -0.453. The maximum Gasteiger partial charge on any atom is 0.394 e. The van der Waals surface area contributed by atoms with Gasteiger partial charge in [0.25, 0.3) is 0 Å². The topological polar surface area (TPSA) is 82.2 Å². The molecule has 24 heavy (non-hydrogen) atoms. The number of hydrogen-bond acceptors (Lipinski definition) is 5. The minimum absolute atomic E-state index is 0.0892. The lowest BCUT2D eigenvalue weighted by Crippen LogP contribution is -2.22. The fourth-order valence-corrected chi connectivity index (χ4v) is 2.34. The first-order chi connectivity index (χ1) is 11.2. The molecular weight excluding hydrogens is 308 g/mol. The Morgan fingerprint density at radius 2 is 1.96 bits per heavy atom. The second-order valence-electron chi connectivity index (χ2n) is 6.69. The van der Waals surface area contributed by atoms with Gasteiger partial charge < -0.3 is 20.2 Å². The van der Waals surface area contributed by atoms with Gasteiger partial charge in [0, 0.05) is 6.54 Å². The number of benzene rings is 1. The van der Waals surface area contributed by atoms with Gasteiger partial charge in [-0.3, -0.25) is 0 Å². The molecule has 1 heterocycles. The largest absolute Gasteiger partial charge is 0.488 e. The van der Waals surface area contributed by atoms with E-state index in [-0.39, 0.29) is 11.4 Å². The van der Waals surface area contributed by atoms with Gasteiger partial charge in [-0.25, -0.2) is 0 Å². The number of hydrogen-bond donors (Lipinski definition) is 1. The third-order valence-electron chi connectivity index (χ3n) is 3.31. The first kappa shape index (κ1) is 17.9. The van der Waals surface area contributed by atoms with Crippen LogP contribution in [0.4, 0.5) is 5.82 Å². The highest BCUT2D eigenvalue weighted by molar-refractivity contribution is 5.30. The zero-order valence-electron chi connectivity index (χ0n) is 14.6. The minimum Gasteiger partial charge on any atom is -0.488 e. The van der Waals surface area contributed by atoms with Gasteiger partial charge in [-0.15, -0.1) is 0 Å². The summed E-state index contributed by atoms with van der Waals surface area (Å²) in [5.41, 5.74) is 1.57. The highest BCUT2D eigenvalue weighted by atomic mass is 16.6. The Bertz CT molecular complexity index is 687. The normalized spacial score (nSPS) is 11.5. The molecule has 0 unspecified atom stereocenters. The van der Waals surface area contributed by atoms with Crippen molar-refractivity contribution in [2.24, 2.45) is 7.05 Å². The summed E-state index contributed by atoms with van der Waals surface area (Å²) in [5.74, 6) is 0.763. The second-order valence-corrected chi connectivity index (χ2v) is 6.69. The Labute approximate surface area is 141 Å². The molecule has 130 valence electrons. The van der Waals surface area contributed by atoms with Gasteiger partial charge in [0.1, 0.15) is 11.4 Å². The number of nitro groups is 1. The summed E-state index contributed by atoms with van der Waals surface area (Å²) in [6, 6.07) is 8.00. The van der Waals surface area contributed by atoms with Crippen LogP contribution in [0.25, 0.3) is 0 Å². The Balaban J connectivity index is 1.81. The van der Waals surface area contributed by atoms with Gasteiger partial charge in [-0.2, -0.15) is 4.68 Å². The van der Waals surface area contributed by atoms with Crippen LogP contribution in [0.1, 0.15) is 31.9 Å². The highest BCUT2D eigenvalue weighted by Crippen LogP contribution is 2.19. The fourth-order valence-electron chi connectivity index (χ4n) is 2.34. The lowest BCUT2D eigenvalue weighted by molar-refractivity contribution is -0.390. The molecule has 0 aliphatic heterocycles. The summed E-state index contributed by atoms with van der Waals surface area (Å²) >= 11 is 0. The van der Waals surface area contributed by atoms with Gasteiger partial charge in [0.2, 0.25) is 0 Å².